The van der Waals surface area contributed by atoms with Crippen molar-refractivity contribution in [2.45, 2.75) is 38.8 Å². The van der Waals surface area contributed by atoms with Crippen molar-refractivity contribution in [3.05, 3.63) is 66.5 Å². The number of nitrogens with one attached hydrogen (secondary N) is 1. The Labute approximate surface area is 153 Å². The molecule has 0 radical (unpaired) electrons. The third-order valence-electron chi connectivity index (χ3n) is 4.41. The summed E-state index contributed by atoms with van der Waals surface area (Å²) in [5.41, 5.74) is 0.569. The summed E-state index contributed by atoms with van der Waals surface area (Å²) >= 11 is 0. The summed E-state index contributed by atoms with van der Waals surface area (Å²) < 4.78 is 0. The average molecular weight is 349 g/mol. The fourth-order valence-corrected chi connectivity index (χ4v) is 3.47. The highest BCUT2D eigenvalue weighted by atomic mass is 16.2. The number of rotatable bonds is 2. The van der Waals surface area contributed by atoms with Gasteiger partial charge in [-0.2, -0.15) is 0 Å². The molecule has 1 N–H and O–H groups in total. The Kier molecular flexibility index (Phi) is 4.18. The Bertz CT molecular complexity index is 884. The molecule has 2 heterocycles. The van der Waals surface area contributed by atoms with E-state index >= 15 is 0 Å². The van der Waals surface area contributed by atoms with Crippen molar-refractivity contribution in [3.63, 3.8) is 0 Å². The molecule has 0 bridgehead atoms. The van der Waals surface area contributed by atoms with Crippen LogP contribution < -0.4 is 10.2 Å². The molecule has 26 heavy (non-hydrogen) atoms. The molecule has 0 aliphatic carbocycles. The Morgan fingerprint density at radius 1 is 1.12 bits per heavy atom. The minimum atomic E-state index is -1.41. The molecule has 0 saturated heterocycles. The van der Waals surface area contributed by atoms with Gasteiger partial charge in [-0.25, -0.2) is 0 Å². The second-order valence-electron chi connectivity index (χ2n) is 7.48. The van der Waals surface area contributed by atoms with Gasteiger partial charge in [-0.15, -0.1) is 0 Å². The molecule has 134 valence electrons. The van der Waals surface area contributed by atoms with E-state index in [1.54, 1.807) is 18.3 Å². The molecule has 2 aromatic rings. The van der Waals surface area contributed by atoms with E-state index in [1.165, 1.54) is 11.8 Å². The maximum absolute atomic E-state index is 13.6. The zero-order valence-corrected chi connectivity index (χ0v) is 15.5. The van der Waals surface area contributed by atoms with Crippen LogP contribution in [0.4, 0.5) is 5.69 Å². The van der Waals surface area contributed by atoms with Gasteiger partial charge in [0.05, 0.1) is 11.4 Å². The highest BCUT2D eigenvalue weighted by Gasteiger charge is 2.57. The van der Waals surface area contributed by atoms with Crippen molar-refractivity contribution in [1.82, 2.24) is 10.3 Å². The lowest BCUT2D eigenvalue weighted by atomic mass is 9.83. The smallest absolute Gasteiger partial charge is 0.257 e. The molecule has 1 aromatic heterocycles. The van der Waals surface area contributed by atoms with E-state index < -0.39 is 11.1 Å². The van der Waals surface area contributed by atoms with Crippen LogP contribution in [0.15, 0.2) is 55.2 Å². The van der Waals surface area contributed by atoms with Crippen molar-refractivity contribution in [1.29, 1.82) is 0 Å². The van der Waals surface area contributed by atoms with E-state index in [9.17, 15) is 9.59 Å². The van der Waals surface area contributed by atoms with Crippen LogP contribution in [0.25, 0.3) is 5.57 Å². The molecule has 3 rings (SSSR count). The number of amides is 2. The lowest BCUT2D eigenvalue weighted by molar-refractivity contribution is -0.129. The van der Waals surface area contributed by atoms with E-state index in [0.29, 0.717) is 17.0 Å². The molecule has 5 heteroatoms. The van der Waals surface area contributed by atoms with Gasteiger partial charge in [0.25, 0.3) is 5.91 Å². The summed E-state index contributed by atoms with van der Waals surface area (Å²) in [5, 5.41) is 3.02. The van der Waals surface area contributed by atoms with E-state index in [4.69, 9.17) is 0 Å². The first-order valence-electron chi connectivity index (χ1n) is 8.53. The van der Waals surface area contributed by atoms with Gasteiger partial charge >= 0.3 is 0 Å². The summed E-state index contributed by atoms with van der Waals surface area (Å²) in [5.74, 6) is -0.564. The van der Waals surface area contributed by atoms with Crippen molar-refractivity contribution >= 4 is 23.1 Å². The summed E-state index contributed by atoms with van der Waals surface area (Å²) in [7, 11) is 0. The van der Waals surface area contributed by atoms with Gasteiger partial charge < -0.3 is 5.32 Å². The number of carbonyl (C=O) groups is 2. The number of para-hydroxylation sites is 1. The Morgan fingerprint density at radius 3 is 2.35 bits per heavy atom. The minimum absolute atomic E-state index is 0.245. The summed E-state index contributed by atoms with van der Waals surface area (Å²) in [6.07, 6.45) is 1.62. The second kappa shape index (κ2) is 6.09. The number of aromatic nitrogens is 1. The van der Waals surface area contributed by atoms with Gasteiger partial charge in [0, 0.05) is 24.2 Å². The minimum Gasteiger partial charge on any atom is -0.349 e. The molecular formula is C21H23N3O2. The lowest BCUT2D eigenvalue weighted by Gasteiger charge is -2.39. The third-order valence-corrected chi connectivity index (χ3v) is 4.41. The van der Waals surface area contributed by atoms with Gasteiger partial charge in [-0.1, -0.05) is 30.8 Å². The first-order chi connectivity index (χ1) is 12.2. The van der Waals surface area contributed by atoms with Crippen molar-refractivity contribution in [2.75, 3.05) is 4.90 Å². The van der Waals surface area contributed by atoms with Crippen molar-refractivity contribution in [3.8, 4) is 0 Å². The van der Waals surface area contributed by atoms with Crippen LogP contribution in [-0.2, 0) is 15.1 Å². The first-order valence-corrected chi connectivity index (χ1v) is 8.53. The van der Waals surface area contributed by atoms with Crippen LogP contribution in [0.1, 0.15) is 39.0 Å². The molecule has 0 saturated carbocycles. The Hall–Kier alpha value is -2.95. The second-order valence-corrected chi connectivity index (χ2v) is 7.48. The monoisotopic (exact) mass is 349 g/mol. The molecule has 1 atom stereocenters. The highest BCUT2D eigenvalue weighted by Crippen LogP contribution is 2.51. The molecule has 2 amide bonds. The number of carbonyl (C=O) groups excluding carboxylic acids is 2. The number of hydrogen-bond donors (Lipinski definition) is 1. The topological polar surface area (TPSA) is 62.3 Å². The summed E-state index contributed by atoms with van der Waals surface area (Å²) in [6.45, 7) is 11.4. The normalized spacial score (nSPS) is 19.2. The number of benzene rings is 1. The fourth-order valence-electron chi connectivity index (χ4n) is 3.47. The SMILES string of the molecule is C=C1c2ccccc2N(C(C)=O)C1(C(=O)NC(C)(C)C)c1ccccn1. The van der Waals surface area contributed by atoms with Gasteiger partial charge in [0.2, 0.25) is 5.91 Å². The predicted molar refractivity (Wildman–Crippen MR) is 102 cm³/mol. The van der Waals surface area contributed by atoms with E-state index in [0.717, 1.165) is 5.56 Å². The first kappa shape index (κ1) is 17.9. The Balaban J connectivity index is 2.32. The van der Waals surface area contributed by atoms with Crippen LogP contribution in [-0.4, -0.2) is 22.3 Å². The Morgan fingerprint density at radius 2 is 1.77 bits per heavy atom. The molecule has 1 unspecified atom stereocenters. The van der Waals surface area contributed by atoms with Gasteiger partial charge in [-0.3, -0.25) is 19.5 Å². The zero-order chi connectivity index (χ0) is 19.1. The standard InChI is InChI=1S/C21H23N3O2/c1-14-16-10-6-7-11-17(16)24(15(2)25)21(14,18-12-8-9-13-22-18)19(26)23-20(3,4)5/h6-13H,1H2,2-5H3,(H,23,26). The maximum Gasteiger partial charge on any atom is 0.257 e. The number of hydrogen-bond acceptors (Lipinski definition) is 3. The van der Waals surface area contributed by atoms with Crippen LogP contribution in [0.3, 0.4) is 0 Å². The number of fused-ring (bicyclic) bond motifs is 1. The van der Waals surface area contributed by atoms with Crippen molar-refractivity contribution < 1.29 is 9.59 Å². The molecule has 1 aromatic carbocycles. The predicted octanol–water partition coefficient (Wildman–Crippen LogP) is 3.27. The molecule has 1 aliphatic heterocycles. The molecular weight excluding hydrogens is 326 g/mol. The zero-order valence-electron chi connectivity index (χ0n) is 15.5. The van der Waals surface area contributed by atoms with Gasteiger partial charge in [-0.05, 0) is 44.5 Å². The van der Waals surface area contributed by atoms with Crippen LogP contribution in [0, 0.1) is 0 Å². The van der Waals surface area contributed by atoms with E-state index in [-0.39, 0.29) is 11.8 Å². The maximum atomic E-state index is 13.6. The number of pyridine rings is 1. The molecule has 0 fully saturated rings. The molecule has 0 spiro atoms. The fraction of sp³-hybridized carbons (Fsp3) is 0.286. The van der Waals surface area contributed by atoms with Gasteiger partial charge in [0.15, 0.2) is 5.54 Å². The van der Waals surface area contributed by atoms with Crippen LogP contribution >= 0.6 is 0 Å². The van der Waals surface area contributed by atoms with Gasteiger partial charge in [0.1, 0.15) is 0 Å². The largest absolute Gasteiger partial charge is 0.349 e. The molecule has 5 nitrogen and oxygen atoms in total. The van der Waals surface area contributed by atoms with Crippen molar-refractivity contribution in [2.24, 2.45) is 0 Å². The number of anilines is 1. The molecule has 1 aliphatic rings. The number of nitrogens with zero attached hydrogens (tertiary/aromatic N) is 2. The van der Waals surface area contributed by atoms with E-state index in [2.05, 4.69) is 16.9 Å². The highest BCUT2D eigenvalue weighted by molar-refractivity contribution is 6.17. The quantitative estimate of drug-likeness (QED) is 0.905. The van der Waals surface area contributed by atoms with Crippen LogP contribution in [0.2, 0.25) is 0 Å². The lowest BCUT2D eigenvalue weighted by Crippen LogP contribution is -2.59. The van der Waals surface area contributed by atoms with Crippen LogP contribution in [0.5, 0.6) is 0 Å². The summed E-state index contributed by atoms with van der Waals surface area (Å²) in [4.78, 5) is 32.2. The third kappa shape index (κ3) is 2.60. The summed E-state index contributed by atoms with van der Waals surface area (Å²) in [6, 6.07) is 12.8. The van der Waals surface area contributed by atoms with E-state index in [1.807, 2.05) is 51.1 Å². The average Bonchev–Trinajstić information content (AvgIpc) is 2.85.